The van der Waals surface area contributed by atoms with Crippen LogP contribution >= 0.6 is 0 Å². The highest BCUT2D eigenvalue weighted by molar-refractivity contribution is 5.94. The second-order valence-corrected chi connectivity index (χ2v) is 7.82. The van der Waals surface area contributed by atoms with Gasteiger partial charge < -0.3 is 4.90 Å². The normalized spacial score (nSPS) is 21.1. The fraction of sp³-hybridized carbons (Fsp3) is 0.381. The molecule has 0 saturated carbocycles. The largest absolute Gasteiger partial charge is 0.338 e. The lowest BCUT2D eigenvalue weighted by molar-refractivity contribution is 0.0633. The monoisotopic (exact) mass is 374 g/mol. The van der Waals surface area contributed by atoms with Gasteiger partial charge in [-0.3, -0.25) is 9.36 Å². The number of piperidine rings is 1. The SMILES string of the molecule is Cc1ncc2c(n1)C1(CCCN(C(=O)c3ccc(-n4cnnc4)cc3)C1)CC2. The van der Waals surface area contributed by atoms with Crippen molar-refractivity contribution in [3.8, 4) is 5.69 Å². The Balaban J connectivity index is 1.39. The molecule has 2 aliphatic rings. The molecule has 1 aliphatic heterocycles. The Labute approximate surface area is 163 Å². The molecule has 1 aliphatic carbocycles. The van der Waals surface area contributed by atoms with Crippen molar-refractivity contribution in [3.63, 3.8) is 0 Å². The minimum atomic E-state index is -0.0145. The Morgan fingerprint density at radius 3 is 2.68 bits per heavy atom. The standard InChI is InChI=1S/C21H22N6O/c1-15-22-11-17-7-9-21(19(17)25-15)8-2-10-26(12-21)20(28)16-3-5-18(6-4-16)27-13-23-24-14-27/h3-6,11,13-14H,2,7-10,12H2,1H3. The molecule has 0 bridgehead atoms. The average Bonchev–Trinajstić information content (AvgIpc) is 3.37. The first kappa shape index (κ1) is 17.0. The van der Waals surface area contributed by atoms with E-state index in [-0.39, 0.29) is 11.3 Å². The summed E-state index contributed by atoms with van der Waals surface area (Å²) in [5, 5.41) is 7.64. The molecule has 1 aromatic carbocycles. The van der Waals surface area contributed by atoms with Crippen molar-refractivity contribution in [2.75, 3.05) is 13.1 Å². The van der Waals surface area contributed by atoms with Crippen LogP contribution in [0.1, 0.15) is 46.7 Å². The van der Waals surface area contributed by atoms with Crippen molar-refractivity contribution in [1.29, 1.82) is 0 Å². The number of hydrogen-bond acceptors (Lipinski definition) is 5. The summed E-state index contributed by atoms with van der Waals surface area (Å²) < 4.78 is 1.82. The van der Waals surface area contributed by atoms with Gasteiger partial charge in [0.2, 0.25) is 0 Å². The van der Waals surface area contributed by atoms with Gasteiger partial charge in [-0.1, -0.05) is 0 Å². The van der Waals surface area contributed by atoms with Gasteiger partial charge in [-0.25, -0.2) is 9.97 Å². The van der Waals surface area contributed by atoms with E-state index in [4.69, 9.17) is 4.98 Å². The summed E-state index contributed by atoms with van der Waals surface area (Å²) in [4.78, 5) is 24.3. The van der Waals surface area contributed by atoms with Crippen LogP contribution in [0.15, 0.2) is 43.1 Å². The van der Waals surface area contributed by atoms with Crippen molar-refractivity contribution < 1.29 is 4.79 Å². The summed E-state index contributed by atoms with van der Waals surface area (Å²) in [7, 11) is 0. The van der Waals surface area contributed by atoms with Gasteiger partial charge in [0.15, 0.2) is 0 Å². The summed E-state index contributed by atoms with van der Waals surface area (Å²) in [5.41, 5.74) is 4.05. The van der Waals surface area contributed by atoms with E-state index in [0.717, 1.165) is 50.3 Å². The van der Waals surface area contributed by atoms with E-state index < -0.39 is 0 Å². The second kappa shape index (κ2) is 6.51. The zero-order chi connectivity index (χ0) is 19.1. The van der Waals surface area contributed by atoms with E-state index >= 15 is 0 Å². The fourth-order valence-electron chi connectivity index (χ4n) is 4.62. The van der Waals surface area contributed by atoms with Crippen molar-refractivity contribution in [1.82, 2.24) is 29.6 Å². The molecular weight excluding hydrogens is 352 g/mol. The number of amides is 1. The Bertz CT molecular complexity index is 1010. The van der Waals surface area contributed by atoms with E-state index in [1.165, 1.54) is 11.3 Å². The molecular formula is C21H22N6O. The number of aromatic nitrogens is 5. The first-order valence-corrected chi connectivity index (χ1v) is 9.72. The summed E-state index contributed by atoms with van der Waals surface area (Å²) in [6, 6.07) is 7.62. The topological polar surface area (TPSA) is 76.8 Å². The number of carbonyl (C=O) groups is 1. The molecule has 7 nitrogen and oxygen atoms in total. The lowest BCUT2D eigenvalue weighted by Gasteiger charge is -2.40. The Morgan fingerprint density at radius 2 is 1.89 bits per heavy atom. The molecule has 7 heteroatoms. The lowest BCUT2D eigenvalue weighted by atomic mass is 9.77. The van der Waals surface area contributed by atoms with Crippen molar-refractivity contribution in [3.05, 3.63) is 65.8 Å². The zero-order valence-corrected chi connectivity index (χ0v) is 15.9. The van der Waals surface area contributed by atoms with Crippen LogP contribution in [-0.4, -0.2) is 48.6 Å². The molecule has 3 heterocycles. The van der Waals surface area contributed by atoms with Crippen LogP contribution in [0, 0.1) is 6.92 Å². The van der Waals surface area contributed by atoms with Crippen LogP contribution in [0.4, 0.5) is 0 Å². The smallest absolute Gasteiger partial charge is 0.253 e. The van der Waals surface area contributed by atoms with E-state index in [1.54, 1.807) is 12.7 Å². The summed E-state index contributed by atoms with van der Waals surface area (Å²) in [5.74, 6) is 0.904. The number of aryl methyl sites for hydroxylation is 2. The Kier molecular flexibility index (Phi) is 3.96. The van der Waals surface area contributed by atoms with E-state index in [1.807, 2.05) is 46.9 Å². The van der Waals surface area contributed by atoms with Crippen LogP contribution in [0.2, 0.25) is 0 Å². The highest BCUT2D eigenvalue weighted by atomic mass is 16.2. The molecule has 5 rings (SSSR count). The van der Waals surface area contributed by atoms with Gasteiger partial charge in [0.25, 0.3) is 5.91 Å². The number of nitrogens with zero attached hydrogens (tertiary/aromatic N) is 6. The van der Waals surface area contributed by atoms with Crippen LogP contribution < -0.4 is 0 Å². The summed E-state index contributed by atoms with van der Waals surface area (Å²) >= 11 is 0. The minimum absolute atomic E-state index is 0.0145. The Morgan fingerprint density at radius 1 is 1.11 bits per heavy atom. The maximum Gasteiger partial charge on any atom is 0.253 e. The zero-order valence-electron chi connectivity index (χ0n) is 15.9. The van der Waals surface area contributed by atoms with Crippen molar-refractivity contribution in [2.24, 2.45) is 0 Å². The third-order valence-electron chi connectivity index (χ3n) is 6.06. The number of carbonyl (C=O) groups excluding carboxylic acids is 1. The maximum atomic E-state index is 13.2. The van der Waals surface area contributed by atoms with Gasteiger partial charge >= 0.3 is 0 Å². The number of benzene rings is 1. The molecule has 142 valence electrons. The van der Waals surface area contributed by atoms with Crippen molar-refractivity contribution >= 4 is 5.91 Å². The van der Waals surface area contributed by atoms with E-state index in [2.05, 4.69) is 15.2 Å². The number of hydrogen-bond donors (Lipinski definition) is 0. The molecule has 1 fully saturated rings. The molecule has 0 radical (unpaired) electrons. The summed E-state index contributed by atoms with van der Waals surface area (Å²) in [6.45, 7) is 3.48. The summed E-state index contributed by atoms with van der Waals surface area (Å²) in [6.07, 6.45) is 9.41. The van der Waals surface area contributed by atoms with Crippen LogP contribution in [0.3, 0.4) is 0 Å². The van der Waals surface area contributed by atoms with Gasteiger partial charge in [-0.15, -0.1) is 10.2 Å². The van der Waals surface area contributed by atoms with Gasteiger partial charge in [0, 0.05) is 36.0 Å². The van der Waals surface area contributed by atoms with E-state index in [9.17, 15) is 4.79 Å². The first-order valence-electron chi connectivity index (χ1n) is 9.72. The average molecular weight is 374 g/mol. The van der Waals surface area contributed by atoms with Crippen LogP contribution in [-0.2, 0) is 11.8 Å². The maximum absolute atomic E-state index is 13.2. The fourth-order valence-corrected chi connectivity index (χ4v) is 4.62. The van der Waals surface area contributed by atoms with Gasteiger partial charge in [0.1, 0.15) is 18.5 Å². The van der Waals surface area contributed by atoms with Gasteiger partial charge in [-0.05, 0) is 62.4 Å². The first-order chi connectivity index (χ1) is 13.6. The van der Waals surface area contributed by atoms with Gasteiger partial charge in [0.05, 0.1) is 5.69 Å². The quantitative estimate of drug-likeness (QED) is 0.689. The van der Waals surface area contributed by atoms with E-state index in [0.29, 0.717) is 5.56 Å². The van der Waals surface area contributed by atoms with Crippen molar-refractivity contribution in [2.45, 2.75) is 38.0 Å². The molecule has 1 spiro atoms. The third-order valence-corrected chi connectivity index (χ3v) is 6.06. The minimum Gasteiger partial charge on any atom is -0.338 e. The molecule has 1 amide bonds. The molecule has 2 aromatic heterocycles. The Hall–Kier alpha value is -3.09. The number of rotatable bonds is 2. The molecule has 0 N–H and O–H groups in total. The molecule has 1 saturated heterocycles. The highest BCUT2D eigenvalue weighted by Gasteiger charge is 2.44. The third kappa shape index (κ3) is 2.78. The molecule has 1 unspecified atom stereocenters. The lowest BCUT2D eigenvalue weighted by Crippen LogP contribution is -2.48. The molecule has 28 heavy (non-hydrogen) atoms. The van der Waals surface area contributed by atoms with Crippen LogP contribution in [0.25, 0.3) is 5.69 Å². The molecule has 3 aromatic rings. The number of fused-ring (bicyclic) bond motifs is 2. The number of likely N-dealkylation sites (tertiary alicyclic amines) is 1. The predicted octanol–water partition coefficient (Wildman–Crippen LogP) is 2.49. The van der Waals surface area contributed by atoms with Crippen LogP contribution in [0.5, 0.6) is 0 Å². The highest BCUT2D eigenvalue weighted by Crippen LogP contribution is 2.44. The molecule has 1 atom stereocenters. The second-order valence-electron chi connectivity index (χ2n) is 7.82. The van der Waals surface area contributed by atoms with Gasteiger partial charge in [-0.2, -0.15) is 0 Å². The predicted molar refractivity (Wildman–Crippen MR) is 103 cm³/mol.